The van der Waals surface area contributed by atoms with E-state index in [2.05, 4.69) is 4.74 Å². The van der Waals surface area contributed by atoms with Crippen molar-refractivity contribution in [2.75, 3.05) is 20.3 Å². The Morgan fingerprint density at radius 2 is 2.16 bits per heavy atom. The lowest BCUT2D eigenvalue weighted by atomic mass is 10.1. The first-order valence-corrected chi connectivity index (χ1v) is 6.39. The molecule has 0 heterocycles. The minimum Gasteiger partial charge on any atom is -0.504 e. The fourth-order valence-corrected chi connectivity index (χ4v) is 1.65. The third-order valence-electron chi connectivity index (χ3n) is 2.72. The molecule has 5 heteroatoms. The van der Waals surface area contributed by atoms with Gasteiger partial charge in [-0.3, -0.25) is 4.79 Å². The highest BCUT2D eigenvalue weighted by Gasteiger charge is 2.04. The summed E-state index contributed by atoms with van der Waals surface area (Å²) in [5.41, 5.74) is 6.52. The molecule has 0 aliphatic carbocycles. The summed E-state index contributed by atoms with van der Waals surface area (Å²) in [5, 5.41) is 9.66. The van der Waals surface area contributed by atoms with E-state index in [4.69, 9.17) is 10.5 Å². The Kier molecular flexibility index (Phi) is 6.74. The van der Waals surface area contributed by atoms with Crippen molar-refractivity contribution in [1.29, 1.82) is 0 Å². The molecule has 106 valence electrons. The Bertz CT molecular complexity index is 406. The summed E-state index contributed by atoms with van der Waals surface area (Å²) in [6.45, 7) is 1.01. The first kappa shape index (κ1) is 15.3. The zero-order chi connectivity index (χ0) is 14.1. The Labute approximate surface area is 113 Å². The van der Waals surface area contributed by atoms with Crippen molar-refractivity contribution >= 4 is 5.97 Å². The van der Waals surface area contributed by atoms with E-state index in [-0.39, 0.29) is 11.7 Å². The summed E-state index contributed by atoms with van der Waals surface area (Å²) in [5.74, 6) is 0.366. The van der Waals surface area contributed by atoms with Crippen LogP contribution in [0, 0.1) is 0 Å². The Hall–Kier alpha value is -1.75. The summed E-state index contributed by atoms with van der Waals surface area (Å²) in [7, 11) is 1.37. The molecule has 0 amide bonds. The van der Waals surface area contributed by atoms with Gasteiger partial charge in [0, 0.05) is 6.42 Å². The van der Waals surface area contributed by atoms with E-state index in [1.165, 1.54) is 7.11 Å². The average molecular weight is 267 g/mol. The van der Waals surface area contributed by atoms with Gasteiger partial charge >= 0.3 is 5.97 Å². The van der Waals surface area contributed by atoms with Crippen LogP contribution >= 0.6 is 0 Å². The van der Waals surface area contributed by atoms with Crippen molar-refractivity contribution in [1.82, 2.24) is 0 Å². The van der Waals surface area contributed by atoms with Crippen LogP contribution < -0.4 is 10.5 Å². The fourth-order valence-electron chi connectivity index (χ4n) is 1.65. The first-order valence-electron chi connectivity index (χ1n) is 6.39. The molecule has 0 aliphatic rings. The number of hydrogen-bond acceptors (Lipinski definition) is 5. The molecule has 0 unspecified atom stereocenters. The number of hydrogen-bond donors (Lipinski definition) is 2. The molecule has 0 aromatic heterocycles. The van der Waals surface area contributed by atoms with Crippen LogP contribution in [0.1, 0.15) is 24.8 Å². The fraction of sp³-hybridized carbons (Fsp3) is 0.500. The lowest BCUT2D eigenvalue weighted by Gasteiger charge is -2.09. The topological polar surface area (TPSA) is 81.8 Å². The van der Waals surface area contributed by atoms with Gasteiger partial charge in [-0.25, -0.2) is 0 Å². The van der Waals surface area contributed by atoms with E-state index in [9.17, 15) is 9.90 Å². The molecular formula is C14H21NO4. The maximum absolute atomic E-state index is 10.9. The van der Waals surface area contributed by atoms with E-state index in [1.54, 1.807) is 12.1 Å². The van der Waals surface area contributed by atoms with Gasteiger partial charge in [0.25, 0.3) is 0 Å². The molecule has 0 atom stereocenters. The van der Waals surface area contributed by atoms with Crippen LogP contribution in [0.2, 0.25) is 0 Å². The van der Waals surface area contributed by atoms with Crippen molar-refractivity contribution in [3.63, 3.8) is 0 Å². The molecule has 5 nitrogen and oxygen atoms in total. The number of phenolic OH excluding ortho intramolecular Hbond substituents is 1. The van der Waals surface area contributed by atoms with Crippen molar-refractivity contribution in [3.8, 4) is 11.5 Å². The maximum Gasteiger partial charge on any atom is 0.305 e. The van der Waals surface area contributed by atoms with Gasteiger partial charge in [-0.1, -0.05) is 6.07 Å². The van der Waals surface area contributed by atoms with E-state index in [0.29, 0.717) is 31.7 Å². The molecule has 19 heavy (non-hydrogen) atoms. The van der Waals surface area contributed by atoms with Crippen LogP contribution in [-0.4, -0.2) is 31.3 Å². The molecule has 1 aromatic rings. The monoisotopic (exact) mass is 267 g/mol. The number of phenols is 1. The Morgan fingerprint density at radius 3 is 2.84 bits per heavy atom. The molecule has 1 aromatic carbocycles. The third-order valence-corrected chi connectivity index (χ3v) is 2.72. The minimum atomic E-state index is -0.215. The smallest absolute Gasteiger partial charge is 0.305 e. The number of benzene rings is 1. The molecule has 0 fully saturated rings. The first-order chi connectivity index (χ1) is 9.17. The van der Waals surface area contributed by atoms with Crippen molar-refractivity contribution in [2.45, 2.75) is 25.7 Å². The number of nitrogens with two attached hydrogens (primary N) is 1. The number of aromatic hydroxyl groups is 1. The Balaban J connectivity index is 2.35. The lowest BCUT2D eigenvalue weighted by molar-refractivity contribution is -0.140. The van der Waals surface area contributed by atoms with Gasteiger partial charge in [0.1, 0.15) is 0 Å². The minimum absolute atomic E-state index is 0.119. The highest BCUT2D eigenvalue weighted by molar-refractivity contribution is 5.68. The number of esters is 1. The van der Waals surface area contributed by atoms with Gasteiger partial charge in [0.05, 0.1) is 13.7 Å². The van der Waals surface area contributed by atoms with Gasteiger partial charge < -0.3 is 20.3 Å². The SMILES string of the molecule is COC(=O)CCCCOc1cc(CCN)ccc1O. The lowest BCUT2D eigenvalue weighted by Crippen LogP contribution is -2.04. The number of unbranched alkanes of at least 4 members (excludes halogenated alkanes) is 1. The van der Waals surface area contributed by atoms with Crippen LogP contribution in [-0.2, 0) is 16.0 Å². The molecular weight excluding hydrogens is 246 g/mol. The molecule has 0 saturated heterocycles. The Morgan fingerprint density at radius 1 is 1.37 bits per heavy atom. The molecule has 0 radical (unpaired) electrons. The highest BCUT2D eigenvalue weighted by Crippen LogP contribution is 2.27. The normalized spacial score (nSPS) is 10.2. The van der Waals surface area contributed by atoms with E-state index >= 15 is 0 Å². The summed E-state index contributed by atoms with van der Waals surface area (Å²) < 4.78 is 10.0. The summed E-state index contributed by atoms with van der Waals surface area (Å²) in [6, 6.07) is 5.23. The second-order valence-corrected chi connectivity index (χ2v) is 4.22. The van der Waals surface area contributed by atoms with E-state index < -0.39 is 0 Å². The van der Waals surface area contributed by atoms with Gasteiger partial charge in [-0.15, -0.1) is 0 Å². The maximum atomic E-state index is 10.9. The molecule has 3 N–H and O–H groups in total. The van der Waals surface area contributed by atoms with Gasteiger partial charge in [-0.2, -0.15) is 0 Å². The van der Waals surface area contributed by atoms with Gasteiger partial charge in [-0.05, 0) is 43.5 Å². The van der Waals surface area contributed by atoms with Crippen LogP contribution in [0.3, 0.4) is 0 Å². The number of carbonyl (C=O) groups excluding carboxylic acids is 1. The zero-order valence-electron chi connectivity index (χ0n) is 11.2. The van der Waals surface area contributed by atoms with Crippen molar-refractivity contribution in [3.05, 3.63) is 23.8 Å². The summed E-state index contributed by atoms with van der Waals surface area (Å²) in [6.07, 6.45) is 2.57. The van der Waals surface area contributed by atoms with Crippen LogP contribution in [0.15, 0.2) is 18.2 Å². The number of carbonyl (C=O) groups is 1. The van der Waals surface area contributed by atoms with Gasteiger partial charge in [0.15, 0.2) is 11.5 Å². The predicted octanol–water partition coefficient (Wildman–Crippen LogP) is 1.62. The molecule has 0 spiro atoms. The average Bonchev–Trinajstić information content (AvgIpc) is 2.41. The van der Waals surface area contributed by atoms with E-state index in [1.807, 2.05) is 6.07 Å². The standard InChI is InChI=1S/C14H21NO4/c1-18-14(17)4-2-3-9-19-13-10-11(7-8-15)5-6-12(13)16/h5-6,10,16H,2-4,7-9,15H2,1H3. The number of rotatable bonds is 8. The largest absolute Gasteiger partial charge is 0.504 e. The molecule has 1 rings (SSSR count). The number of ether oxygens (including phenoxy) is 2. The zero-order valence-corrected chi connectivity index (χ0v) is 11.2. The van der Waals surface area contributed by atoms with E-state index in [0.717, 1.165) is 18.4 Å². The quantitative estimate of drug-likeness (QED) is 0.552. The third kappa shape index (κ3) is 5.61. The predicted molar refractivity (Wildman–Crippen MR) is 72.2 cm³/mol. The molecule has 0 aliphatic heterocycles. The summed E-state index contributed by atoms with van der Waals surface area (Å²) >= 11 is 0. The summed E-state index contributed by atoms with van der Waals surface area (Å²) in [4.78, 5) is 10.9. The van der Waals surface area contributed by atoms with Crippen LogP contribution in [0.5, 0.6) is 11.5 Å². The second kappa shape index (κ2) is 8.37. The highest BCUT2D eigenvalue weighted by atomic mass is 16.5. The van der Waals surface area contributed by atoms with Crippen LogP contribution in [0.25, 0.3) is 0 Å². The van der Waals surface area contributed by atoms with Crippen LogP contribution in [0.4, 0.5) is 0 Å². The van der Waals surface area contributed by atoms with Crippen molar-refractivity contribution in [2.24, 2.45) is 5.73 Å². The number of methoxy groups -OCH3 is 1. The second-order valence-electron chi connectivity index (χ2n) is 4.22. The van der Waals surface area contributed by atoms with Crippen molar-refractivity contribution < 1.29 is 19.4 Å². The van der Waals surface area contributed by atoms with Gasteiger partial charge in [0.2, 0.25) is 0 Å². The molecule has 0 bridgehead atoms. The molecule has 0 saturated carbocycles.